The minimum Gasteiger partial charge on any atom is -0.450 e. The number of carbonyl (C=O) groups excluding carboxylic acids is 5. The van der Waals surface area contributed by atoms with Gasteiger partial charge in [0.25, 0.3) is 11.8 Å². The first-order valence-corrected chi connectivity index (χ1v) is 16.9. The number of halogens is 1. The number of hydrogen-bond acceptors (Lipinski definition) is 13. The molecule has 49 heavy (non-hydrogen) atoms. The standard InChI is InChI=1S/C29H29ClN6O11S2/c1-29(2,26(40)46-23(16-9-5-3-6-10-16)17-11-7-4-8-12-17)47-35-21(18-15-48-28(32-18)33-20(37)13-30)24(38)34-22-19(14-45-27(31)41)36(25(22)39)49(42,43)44/h3-12,15,19,22-23H,13-14H2,1-2H3,(H2,31,41)(H,34,38)(H,32,33,37)(H,42,43,44). The van der Waals surface area contributed by atoms with Crippen molar-refractivity contribution in [2.45, 2.75) is 37.6 Å². The molecule has 2 unspecified atom stereocenters. The summed E-state index contributed by atoms with van der Waals surface area (Å²) in [6, 6.07) is 14.6. The fourth-order valence-corrected chi connectivity index (χ4v) is 5.97. The number of nitrogens with one attached hydrogen (secondary N) is 2. The number of nitrogens with two attached hydrogens (primary N) is 1. The number of esters is 1. The first-order chi connectivity index (χ1) is 23.1. The molecule has 20 heteroatoms. The molecule has 4 rings (SSSR count). The molecule has 0 bridgehead atoms. The van der Waals surface area contributed by atoms with E-state index < -0.39 is 82.1 Å². The quantitative estimate of drug-likeness (QED) is 0.0462. The largest absolute Gasteiger partial charge is 0.450 e. The Morgan fingerprint density at radius 2 is 1.69 bits per heavy atom. The second-order valence-corrected chi connectivity index (χ2v) is 13.0. The van der Waals surface area contributed by atoms with E-state index in [0.717, 1.165) is 11.3 Å². The van der Waals surface area contributed by atoms with Crippen LogP contribution in [-0.4, -0.2) is 87.9 Å². The first kappa shape index (κ1) is 36.7. The number of oxime groups is 1. The molecule has 1 fully saturated rings. The maximum atomic E-state index is 13.6. The minimum atomic E-state index is -5.12. The lowest BCUT2D eigenvalue weighted by molar-refractivity contribution is -0.172. The van der Waals surface area contributed by atoms with Gasteiger partial charge in [0.15, 0.2) is 16.9 Å². The summed E-state index contributed by atoms with van der Waals surface area (Å²) in [6.45, 7) is 1.83. The topological polar surface area (TPSA) is 246 Å². The summed E-state index contributed by atoms with van der Waals surface area (Å²) in [7, 11) is -5.12. The fraction of sp³-hybridized carbons (Fsp3) is 0.276. The maximum Gasteiger partial charge on any atom is 0.404 e. The maximum absolute atomic E-state index is 13.6. The van der Waals surface area contributed by atoms with E-state index in [9.17, 15) is 36.9 Å². The molecule has 5 N–H and O–H groups in total. The van der Waals surface area contributed by atoms with Gasteiger partial charge >= 0.3 is 22.4 Å². The Morgan fingerprint density at radius 3 is 2.22 bits per heavy atom. The number of benzene rings is 2. The molecule has 260 valence electrons. The minimum absolute atomic E-state index is 0.00149. The Morgan fingerprint density at radius 1 is 1.10 bits per heavy atom. The lowest BCUT2D eigenvalue weighted by Gasteiger charge is -2.43. The normalized spacial score (nSPS) is 16.4. The van der Waals surface area contributed by atoms with E-state index in [4.69, 9.17) is 26.9 Å². The lowest BCUT2D eigenvalue weighted by atomic mass is 9.99. The Bertz CT molecular complexity index is 1820. The van der Waals surface area contributed by atoms with E-state index >= 15 is 0 Å². The summed E-state index contributed by atoms with van der Waals surface area (Å²) < 4.78 is 43.4. The van der Waals surface area contributed by atoms with Gasteiger partial charge in [-0.25, -0.2) is 18.9 Å². The van der Waals surface area contributed by atoms with Crippen LogP contribution < -0.4 is 16.4 Å². The van der Waals surface area contributed by atoms with Crippen molar-refractivity contribution in [3.63, 3.8) is 0 Å². The molecule has 1 aliphatic heterocycles. The average Bonchev–Trinajstić information content (AvgIpc) is 3.51. The number of primary amides is 1. The molecule has 1 aromatic heterocycles. The van der Waals surface area contributed by atoms with Gasteiger partial charge in [-0.05, 0) is 25.0 Å². The summed E-state index contributed by atoms with van der Waals surface area (Å²) in [5, 5.41) is 9.78. The van der Waals surface area contributed by atoms with Crippen molar-refractivity contribution in [2.24, 2.45) is 10.9 Å². The smallest absolute Gasteiger partial charge is 0.404 e. The van der Waals surface area contributed by atoms with Gasteiger partial charge in [0.1, 0.15) is 30.3 Å². The number of amides is 4. The van der Waals surface area contributed by atoms with Crippen molar-refractivity contribution in [1.82, 2.24) is 14.6 Å². The predicted molar refractivity (Wildman–Crippen MR) is 174 cm³/mol. The predicted octanol–water partition coefficient (Wildman–Crippen LogP) is 1.75. The third-order valence-corrected chi connectivity index (χ3v) is 8.66. The molecule has 2 aromatic carbocycles. The summed E-state index contributed by atoms with van der Waals surface area (Å²) in [4.78, 5) is 72.3. The van der Waals surface area contributed by atoms with Crippen LogP contribution in [0.25, 0.3) is 0 Å². The van der Waals surface area contributed by atoms with E-state index in [2.05, 4.69) is 25.5 Å². The summed E-state index contributed by atoms with van der Waals surface area (Å²) in [5.41, 5.74) is 3.60. The molecular weight excluding hydrogens is 708 g/mol. The number of nitrogens with zero attached hydrogens (tertiary/aromatic N) is 3. The molecule has 2 heterocycles. The summed E-state index contributed by atoms with van der Waals surface area (Å²) in [5.74, 6) is -4.35. The Hall–Kier alpha value is -5.11. The van der Waals surface area contributed by atoms with Crippen molar-refractivity contribution in [1.29, 1.82) is 0 Å². The molecule has 17 nitrogen and oxygen atoms in total. The highest BCUT2D eigenvalue weighted by Crippen LogP contribution is 2.29. The lowest BCUT2D eigenvalue weighted by Crippen LogP contribution is -2.73. The zero-order valence-corrected chi connectivity index (χ0v) is 28.0. The van der Waals surface area contributed by atoms with Crippen LogP contribution in [0.4, 0.5) is 9.93 Å². The Kier molecular flexibility index (Phi) is 11.5. The first-order valence-electron chi connectivity index (χ1n) is 14.0. The highest BCUT2D eigenvalue weighted by atomic mass is 35.5. The zero-order valence-electron chi connectivity index (χ0n) is 25.6. The van der Waals surface area contributed by atoms with Crippen LogP contribution in [0.1, 0.15) is 36.8 Å². The Labute approximate surface area is 288 Å². The van der Waals surface area contributed by atoms with Crippen molar-refractivity contribution in [3.05, 3.63) is 82.9 Å². The SMILES string of the molecule is CC(C)(ON=C(C(=O)NC1C(=O)N(S(=O)(=O)O)C1COC(N)=O)c1csc(NC(=O)CCl)n1)C(=O)OC(c1ccccc1)c1ccccc1. The van der Waals surface area contributed by atoms with Gasteiger partial charge in [-0.2, -0.15) is 8.42 Å². The number of β-lactam (4-membered cyclic amide) rings is 1. The van der Waals surface area contributed by atoms with Crippen LogP contribution >= 0.6 is 22.9 Å². The van der Waals surface area contributed by atoms with E-state index in [1.54, 1.807) is 60.7 Å². The number of aromatic nitrogens is 1. The number of ether oxygens (including phenoxy) is 2. The zero-order chi connectivity index (χ0) is 35.9. The monoisotopic (exact) mass is 736 g/mol. The van der Waals surface area contributed by atoms with Crippen molar-refractivity contribution in [3.8, 4) is 0 Å². The van der Waals surface area contributed by atoms with Crippen LogP contribution in [0.3, 0.4) is 0 Å². The summed E-state index contributed by atoms with van der Waals surface area (Å²) in [6.07, 6.45) is -2.16. The van der Waals surface area contributed by atoms with Gasteiger partial charge in [-0.15, -0.1) is 22.9 Å². The van der Waals surface area contributed by atoms with Crippen molar-refractivity contribution < 1.29 is 51.3 Å². The number of thiazole rings is 1. The van der Waals surface area contributed by atoms with Gasteiger partial charge in [0.05, 0.1) is 0 Å². The van der Waals surface area contributed by atoms with Gasteiger partial charge in [0, 0.05) is 5.38 Å². The van der Waals surface area contributed by atoms with Crippen LogP contribution in [-0.2, 0) is 43.8 Å². The summed E-state index contributed by atoms with van der Waals surface area (Å²) >= 11 is 6.41. The number of alkyl halides is 1. The highest BCUT2D eigenvalue weighted by molar-refractivity contribution is 7.84. The third-order valence-electron chi connectivity index (χ3n) is 6.72. The molecule has 0 aliphatic carbocycles. The molecule has 1 aliphatic rings. The van der Waals surface area contributed by atoms with E-state index in [-0.39, 0.29) is 15.1 Å². The number of anilines is 1. The van der Waals surface area contributed by atoms with Crippen molar-refractivity contribution in [2.75, 3.05) is 17.8 Å². The second kappa shape index (κ2) is 15.4. The van der Waals surface area contributed by atoms with E-state index in [0.29, 0.717) is 11.1 Å². The molecule has 4 amide bonds. The molecule has 0 spiro atoms. The van der Waals surface area contributed by atoms with Crippen molar-refractivity contribution >= 4 is 73.9 Å². The average molecular weight is 737 g/mol. The molecule has 2 atom stereocenters. The molecular formula is C29H29ClN6O11S2. The number of rotatable bonds is 14. The van der Waals surface area contributed by atoms with Gasteiger partial charge < -0.3 is 30.7 Å². The van der Waals surface area contributed by atoms with Crippen LogP contribution in [0.5, 0.6) is 0 Å². The highest BCUT2D eigenvalue weighted by Gasteiger charge is 2.55. The third kappa shape index (κ3) is 9.08. The van der Waals surface area contributed by atoms with Gasteiger partial charge in [-0.1, -0.05) is 65.8 Å². The van der Waals surface area contributed by atoms with Crippen LogP contribution in [0.15, 0.2) is 71.2 Å². The van der Waals surface area contributed by atoms with Gasteiger partial charge in [-0.3, -0.25) is 18.9 Å². The van der Waals surface area contributed by atoms with Crippen LogP contribution in [0, 0.1) is 0 Å². The van der Waals surface area contributed by atoms with E-state index in [1.165, 1.54) is 19.2 Å². The molecule has 0 radical (unpaired) electrons. The second-order valence-electron chi connectivity index (χ2n) is 10.6. The van der Waals surface area contributed by atoms with Gasteiger partial charge in [0.2, 0.25) is 11.5 Å². The van der Waals surface area contributed by atoms with Crippen LogP contribution in [0.2, 0.25) is 0 Å². The number of hydrogen-bond donors (Lipinski definition) is 4. The molecule has 1 saturated heterocycles. The Balaban J connectivity index is 1.62. The molecule has 0 saturated carbocycles. The fourth-order valence-electron chi connectivity index (χ4n) is 4.33. The number of carbonyl (C=O) groups is 5. The molecule has 3 aromatic rings. The van der Waals surface area contributed by atoms with E-state index in [1.807, 2.05) is 0 Å².